The number of guanidine groups is 1. The normalized spacial score (nSPS) is 11.9. The highest BCUT2D eigenvalue weighted by Crippen LogP contribution is 2.13. The number of halogens is 1. The van der Waals surface area contributed by atoms with Crippen molar-refractivity contribution in [3.63, 3.8) is 0 Å². The summed E-state index contributed by atoms with van der Waals surface area (Å²) in [5.41, 5.74) is 2.21. The first-order valence-electron chi connectivity index (χ1n) is 9.13. The molecule has 7 heteroatoms. The molecule has 0 spiro atoms. The fraction of sp³-hybridized carbons (Fsp3) is 0.381. The van der Waals surface area contributed by atoms with Gasteiger partial charge in [0, 0.05) is 13.1 Å². The van der Waals surface area contributed by atoms with Crippen molar-refractivity contribution in [2.24, 2.45) is 4.99 Å². The van der Waals surface area contributed by atoms with Gasteiger partial charge < -0.3 is 25.2 Å². The Morgan fingerprint density at radius 3 is 2.50 bits per heavy atom. The predicted molar refractivity (Wildman–Crippen MR) is 124 cm³/mol. The lowest BCUT2D eigenvalue weighted by atomic mass is 10.2. The summed E-state index contributed by atoms with van der Waals surface area (Å²) >= 11 is 0. The van der Waals surface area contributed by atoms with Crippen LogP contribution < -0.4 is 20.1 Å². The molecule has 0 aliphatic heterocycles. The molecule has 0 bridgehead atoms. The lowest BCUT2D eigenvalue weighted by Crippen LogP contribution is -2.42. The zero-order valence-electron chi connectivity index (χ0n) is 16.6. The average molecular weight is 499 g/mol. The van der Waals surface area contributed by atoms with Gasteiger partial charge in [-0.15, -0.1) is 24.0 Å². The largest absolute Gasteiger partial charge is 0.497 e. The monoisotopic (exact) mass is 499 g/mol. The second-order valence-corrected chi connectivity index (χ2v) is 6.21. The molecule has 2 aromatic carbocycles. The third kappa shape index (κ3) is 8.79. The summed E-state index contributed by atoms with van der Waals surface area (Å²) in [6.45, 7) is 5.85. The third-order valence-corrected chi connectivity index (χ3v) is 3.86. The molecule has 2 rings (SSSR count). The van der Waals surface area contributed by atoms with Crippen LogP contribution in [0.2, 0.25) is 0 Å². The lowest BCUT2D eigenvalue weighted by Gasteiger charge is -2.16. The minimum atomic E-state index is -0.643. The summed E-state index contributed by atoms with van der Waals surface area (Å²) in [7, 11) is 1.65. The fourth-order valence-electron chi connectivity index (χ4n) is 2.41. The number of aliphatic hydroxyl groups is 1. The maximum Gasteiger partial charge on any atom is 0.191 e. The Kier molecular flexibility index (Phi) is 11.4. The molecule has 0 aliphatic rings. The van der Waals surface area contributed by atoms with Crippen molar-refractivity contribution >= 4 is 29.9 Å². The number of aryl methyl sites for hydroxylation is 1. The Bertz CT molecular complexity index is 723. The number of hydrogen-bond acceptors (Lipinski definition) is 4. The van der Waals surface area contributed by atoms with E-state index < -0.39 is 6.10 Å². The number of nitrogens with one attached hydrogen (secondary N) is 2. The van der Waals surface area contributed by atoms with E-state index in [9.17, 15) is 5.11 Å². The first-order valence-corrected chi connectivity index (χ1v) is 9.13. The molecule has 1 atom stereocenters. The molecule has 0 fully saturated rings. The molecule has 2 aromatic rings. The zero-order valence-corrected chi connectivity index (χ0v) is 19.0. The number of ether oxygens (including phenoxy) is 2. The standard InChI is InChI=1S/C21H29N3O3.HI/c1-4-22-21(23-13-17-8-10-19(26-3)11-9-17)24-14-18(25)15-27-20-7-5-6-16(2)12-20;/h5-12,18,25H,4,13-15H2,1-3H3,(H2,22,23,24);1H. The lowest BCUT2D eigenvalue weighted by molar-refractivity contribution is 0.110. The summed E-state index contributed by atoms with van der Waals surface area (Å²) in [5, 5.41) is 16.5. The Balaban J connectivity index is 0.00000392. The first-order chi connectivity index (χ1) is 13.1. The summed E-state index contributed by atoms with van der Waals surface area (Å²) in [6.07, 6.45) is -0.643. The van der Waals surface area contributed by atoms with Crippen molar-refractivity contribution in [2.75, 3.05) is 26.8 Å². The van der Waals surface area contributed by atoms with Crippen molar-refractivity contribution in [3.05, 3.63) is 59.7 Å². The van der Waals surface area contributed by atoms with Crippen molar-refractivity contribution in [1.82, 2.24) is 10.6 Å². The SMILES string of the molecule is CCNC(=NCc1ccc(OC)cc1)NCC(O)COc1cccc(C)c1.I. The van der Waals surface area contributed by atoms with Crippen LogP contribution in [-0.2, 0) is 6.54 Å². The Hall–Kier alpha value is -2.00. The van der Waals surface area contributed by atoms with Gasteiger partial charge in [0.05, 0.1) is 13.7 Å². The van der Waals surface area contributed by atoms with E-state index in [2.05, 4.69) is 15.6 Å². The van der Waals surface area contributed by atoms with E-state index in [1.54, 1.807) is 7.11 Å². The van der Waals surface area contributed by atoms with E-state index in [0.29, 0.717) is 19.0 Å². The second-order valence-electron chi connectivity index (χ2n) is 6.21. The third-order valence-electron chi connectivity index (χ3n) is 3.86. The van der Waals surface area contributed by atoms with Gasteiger partial charge in [0.25, 0.3) is 0 Å². The van der Waals surface area contributed by atoms with Gasteiger partial charge in [0.1, 0.15) is 24.2 Å². The molecule has 28 heavy (non-hydrogen) atoms. The molecule has 0 heterocycles. The van der Waals surface area contributed by atoms with E-state index in [-0.39, 0.29) is 30.6 Å². The van der Waals surface area contributed by atoms with E-state index in [1.807, 2.05) is 62.4 Å². The summed E-state index contributed by atoms with van der Waals surface area (Å²) in [6, 6.07) is 15.6. The van der Waals surface area contributed by atoms with Gasteiger partial charge in [-0.05, 0) is 49.2 Å². The number of hydrogen-bond donors (Lipinski definition) is 3. The van der Waals surface area contributed by atoms with E-state index in [1.165, 1.54) is 0 Å². The minimum Gasteiger partial charge on any atom is -0.497 e. The van der Waals surface area contributed by atoms with E-state index in [0.717, 1.165) is 29.2 Å². The predicted octanol–water partition coefficient (Wildman–Crippen LogP) is 3.12. The number of aliphatic hydroxyl groups excluding tert-OH is 1. The number of aliphatic imine (C=N–C) groups is 1. The van der Waals surface area contributed by atoms with Crippen LogP contribution in [0.5, 0.6) is 11.5 Å². The first kappa shape index (κ1) is 24.0. The summed E-state index contributed by atoms with van der Waals surface area (Å²) in [5.74, 6) is 2.24. The van der Waals surface area contributed by atoms with Crippen LogP contribution in [0.25, 0.3) is 0 Å². The molecule has 0 aromatic heterocycles. The highest BCUT2D eigenvalue weighted by molar-refractivity contribution is 14.0. The second kappa shape index (κ2) is 13.2. The Morgan fingerprint density at radius 1 is 1.11 bits per heavy atom. The number of benzene rings is 2. The highest BCUT2D eigenvalue weighted by atomic mass is 127. The Labute approximate surface area is 184 Å². The molecular formula is C21H30IN3O3. The smallest absolute Gasteiger partial charge is 0.191 e. The molecule has 154 valence electrons. The Morgan fingerprint density at radius 2 is 1.86 bits per heavy atom. The van der Waals surface area contributed by atoms with Gasteiger partial charge >= 0.3 is 0 Å². The van der Waals surface area contributed by atoms with Crippen LogP contribution in [0.3, 0.4) is 0 Å². The van der Waals surface area contributed by atoms with Gasteiger partial charge in [-0.25, -0.2) is 4.99 Å². The van der Waals surface area contributed by atoms with Gasteiger partial charge in [-0.2, -0.15) is 0 Å². The van der Waals surface area contributed by atoms with Gasteiger partial charge in [-0.1, -0.05) is 24.3 Å². The minimum absolute atomic E-state index is 0. The van der Waals surface area contributed by atoms with Crippen molar-refractivity contribution in [3.8, 4) is 11.5 Å². The average Bonchev–Trinajstić information content (AvgIpc) is 2.69. The molecule has 6 nitrogen and oxygen atoms in total. The molecular weight excluding hydrogens is 469 g/mol. The highest BCUT2D eigenvalue weighted by Gasteiger charge is 2.07. The topological polar surface area (TPSA) is 75.1 Å². The van der Waals surface area contributed by atoms with Crippen LogP contribution in [0.1, 0.15) is 18.1 Å². The van der Waals surface area contributed by atoms with E-state index in [4.69, 9.17) is 9.47 Å². The van der Waals surface area contributed by atoms with Gasteiger partial charge in [-0.3, -0.25) is 0 Å². The van der Waals surface area contributed by atoms with Crippen LogP contribution in [0.15, 0.2) is 53.5 Å². The maximum atomic E-state index is 10.2. The van der Waals surface area contributed by atoms with Crippen molar-refractivity contribution in [1.29, 1.82) is 0 Å². The molecule has 3 N–H and O–H groups in total. The fourth-order valence-corrected chi connectivity index (χ4v) is 2.41. The van der Waals surface area contributed by atoms with E-state index >= 15 is 0 Å². The molecule has 1 unspecified atom stereocenters. The maximum absolute atomic E-state index is 10.2. The quantitative estimate of drug-likeness (QED) is 0.281. The summed E-state index contributed by atoms with van der Waals surface area (Å²) in [4.78, 5) is 4.54. The molecule has 0 amide bonds. The van der Waals surface area contributed by atoms with Gasteiger partial charge in [0.15, 0.2) is 5.96 Å². The zero-order chi connectivity index (χ0) is 19.5. The summed E-state index contributed by atoms with van der Waals surface area (Å²) < 4.78 is 10.8. The molecule has 0 saturated carbocycles. The molecule has 0 saturated heterocycles. The van der Waals surface area contributed by atoms with Crippen molar-refractivity contribution in [2.45, 2.75) is 26.5 Å². The van der Waals surface area contributed by atoms with Crippen LogP contribution in [0.4, 0.5) is 0 Å². The number of methoxy groups -OCH3 is 1. The molecule has 0 aliphatic carbocycles. The van der Waals surface area contributed by atoms with Crippen LogP contribution in [-0.4, -0.2) is 44.0 Å². The van der Waals surface area contributed by atoms with Crippen molar-refractivity contribution < 1.29 is 14.6 Å². The van der Waals surface area contributed by atoms with Crippen LogP contribution >= 0.6 is 24.0 Å². The number of rotatable bonds is 9. The van der Waals surface area contributed by atoms with Crippen LogP contribution in [0, 0.1) is 6.92 Å². The number of nitrogens with zero attached hydrogens (tertiary/aromatic N) is 1. The molecule has 0 radical (unpaired) electrons. The van der Waals surface area contributed by atoms with Gasteiger partial charge in [0.2, 0.25) is 0 Å².